The molecule has 1 atom stereocenters. The molecule has 2 saturated heterocycles. The summed E-state index contributed by atoms with van der Waals surface area (Å²) in [5.41, 5.74) is 7.06. The number of guanidine groups is 1. The Bertz CT molecular complexity index is 713. The quantitative estimate of drug-likeness (QED) is 0.641. The molecule has 0 aromatic heterocycles. The normalized spacial score (nSPS) is 24.4. The highest BCUT2D eigenvalue weighted by Crippen LogP contribution is 2.20. The molecule has 138 valence electrons. The zero-order chi connectivity index (χ0) is 17.9. The van der Waals surface area contributed by atoms with Crippen molar-refractivity contribution in [3.05, 3.63) is 30.1 Å². The third-order valence-electron chi connectivity index (χ3n) is 4.97. The third kappa shape index (κ3) is 4.42. The van der Waals surface area contributed by atoms with Crippen LogP contribution in [0.4, 0.5) is 10.1 Å². The molecule has 0 bridgehead atoms. The minimum absolute atomic E-state index is 0.239. The Morgan fingerprint density at radius 2 is 1.84 bits per heavy atom. The summed E-state index contributed by atoms with van der Waals surface area (Å²) in [7, 11) is -3.02. The summed E-state index contributed by atoms with van der Waals surface area (Å²) in [5, 5.41) is -0.389. The molecule has 0 saturated carbocycles. The maximum absolute atomic E-state index is 13.0. The molecule has 1 unspecified atom stereocenters. The van der Waals surface area contributed by atoms with Crippen molar-refractivity contribution in [3.63, 3.8) is 0 Å². The van der Waals surface area contributed by atoms with Gasteiger partial charge in [0.25, 0.3) is 0 Å². The van der Waals surface area contributed by atoms with Crippen LogP contribution in [0.15, 0.2) is 29.3 Å². The number of aliphatic imine (C=N–C) groups is 1. The molecule has 8 heteroatoms. The van der Waals surface area contributed by atoms with Crippen LogP contribution in [0.5, 0.6) is 0 Å². The van der Waals surface area contributed by atoms with Crippen LogP contribution in [0.2, 0.25) is 0 Å². The van der Waals surface area contributed by atoms with E-state index in [0.29, 0.717) is 25.5 Å². The van der Waals surface area contributed by atoms with Gasteiger partial charge >= 0.3 is 0 Å². The lowest BCUT2D eigenvalue weighted by Gasteiger charge is -2.36. The van der Waals surface area contributed by atoms with Crippen molar-refractivity contribution in [2.75, 3.05) is 43.4 Å². The van der Waals surface area contributed by atoms with E-state index >= 15 is 0 Å². The Kier molecular flexibility index (Phi) is 5.46. The van der Waals surface area contributed by atoms with E-state index in [-0.39, 0.29) is 23.4 Å². The van der Waals surface area contributed by atoms with Crippen LogP contribution in [0.25, 0.3) is 0 Å². The molecule has 2 aliphatic heterocycles. The van der Waals surface area contributed by atoms with E-state index < -0.39 is 9.84 Å². The number of halogens is 1. The summed E-state index contributed by atoms with van der Waals surface area (Å²) in [4.78, 5) is 8.51. The number of sulfone groups is 1. The van der Waals surface area contributed by atoms with Crippen molar-refractivity contribution in [1.29, 1.82) is 0 Å². The van der Waals surface area contributed by atoms with Crippen molar-refractivity contribution >= 4 is 21.5 Å². The van der Waals surface area contributed by atoms with Crippen molar-refractivity contribution in [2.45, 2.75) is 24.5 Å². The number of nitrogens with two attached hydrogens (primary N) is 1. The molecule has 0 radical (unpaired) electrons. The maximum Gasteiger partial charge on any atom is 0.191 e. The van der Waals surface area contributed by atoms with Gasteiger partial charge in [-0.1, -0.05) is 6.42 Å². The Morgan fingerprint density at radius 1 is 1.16 bits per heavy atom. The highest BCUT2D eigenvalue weighted by molar-refractivity contribution is 7.92. The number of hydrogen-bond acceptors (Lipinski definition) is 4. The second-order valence-corrected chi connectivity index (χ2v) is 9.03. The van der Waals surface area contributed by atoms with E-state index in [4.69, 9.17) is 5.73 Å². The van der Waals surface area contributed by atoms with Gasteiger partial charge < -0.3 is 15.5 Å². The molecule has 2 heterocycles. The van der Waals surface area contributed by atoms with Gasteiger partial charge in [0.2, 0.25) is 0 Å². The average Bonchev–Trinajstić information content (AvgIpc) is 2.61. The van der Waals surface area contributed by atoms with Crippen molar-refractivity contribution in [1.82, 2.24) is 4.90 Å². The standard InChI is InChI=1S/C17H25FN4O2S/c18-14-4-6-15(7-5-14)21-8-10-22(11-9-21)17(19)20-13-16-3-1-2-12-25(16,23)24/h4-7,16H,1-3,8-13H2,(H2,19,20). The van der Waals surface area contributed by atoms with Crippen LogP contribution in [-0.2, 0) is 9.84 Å². The van der Waals surface area contributed by atoms with Crippen LogP contribution in [0, 0.1) is 5.82 Å². The van der Waals surface area contributed by atoms with Gasteiger partial charge in [0, 0.05) is 31.9 Å². The molecule has 2 aliphatic rings. The number of rotatable bonds is 3. The first-order valence-electron chi connectivity index (χ1n) is 8.73. The zero-order valence-electron chi connectivity index (χ0n) is 14.3. The van der Waals surface area contributed by atoms with E-state index in [1.54, 1.807) is 12.1 Å². The lowest BCUT2D eigenvalue weighted by Crippen LogP contribution is -2.51. The van der Waals surface area contributed by atoms with Crippen LogP contribution in [0.3, 0.4) is 0 Å². The van der Waals surface area contributed by atoms with E-state index in [1.807, 2.05) is 4.90 Å². The van der Waals surface area contributed by atoms with E-state index in [9.17, 15) is 12.8 Å². The van der Waals surface area contributed by atoms with Gasteiger partial charge in [-0.05, 0) is 37.1 Å². The highest BCUT2D eigenvalue weighted by atomic mass is 32.2. The van der Waals surface area contributed by atoms with Crippen molar-refractivity contribution in [2.24, 2.45) is 10.7 Å². The SMILES string of the molecule is NC(=NCC1CCCCS1(=O)=O)N1CCN(c2ccc(F)cc2)CC1. The fourth-order valence-electron chi connectivity index (χ4n) is 3.37. The number of nitrogens with zero attached hydrogens (tertiary/aromatic N) is 3. The smallest absolute Gasteiger partial charge is 0.191 e. The summed E-state index contributed by atoms with van der Waals surface area (Å²) >= 11 is 0. The predicted octanol–water partition coefficient (Wildman–Crippen LogP) is 1.23. The molecule has 0 aliphatic carbocycles. The largest absolute Gasteiger partial charge is 0.370 e. The van der Waals surface area contributed by atoms with E-state index in [1.165, 1.54) is 12.1 Å². The monoisotopic (exact) mass is 368 g/mol. The molecule has 2 fully saturated rings. The molecule has 6 nitrogen and oxygen atoms in total. The molecule has 0 amide bonds. The minimum Gasteiger partial charge on any atom is -0.370 e. The topological polar surface area (TPSA) is 79.0 Å². The minimum atomic E-state index is -3.02. The Balaban J connectivity index is 1.54. The highest BCUT2D eigenvalue weighted by Gasteiger charge is 2.28. The number of piperazine rings is 1. The molecular weight excluding hydrogens is 343 g/mol. The fraction of sp³-hybridized carbons (Fsp3) is 0.588. The Hall–Kier alpha value is -1.83. The molecule has 25 heavy (non-hydrogen) atoms. The van der Waals surface area contributed by atoms with Crippen LogP contribution in [0.1, 0.15) is 19.3 Å². The Morgan fingerprint density at radius 3 is 2.48 bits per heavy atom. The van der Waals surface area contributed by atoms with Gasteiger partial charge in [-0.3, -0.25) is 4.99 Å². The maximum atomic E-state index is 13.0. The van der Waals surface area contributed by atoms with Crippen molar-refractivity contribution < 1.29 is 12.8 Å². The van der Waals surface area contributed by atoms with Gasteiger partial charge in [0.1, 0.15) is 5.82 Å². The summed E-state index contributed by atoms with van der Waals surface area (Å²) < 4.78 is 37.1. The number of hydrogen-bond donors (Lipinski definition) is 1. The van der Waals surface area contributed by atoms with Crippen LogP contribution in [-0.4, -0.2) is 63.0 Å². The van der Waals surface area contributed by atoms with Gasteiger partial charge in [0.05, 0.1) is 17.5 Å². The molecular formula is C17H25FN4O2S. The molecule has 1 aromatic carbocycles. The first-order chi connectivity index (χ1) is 12.0. The summed E-state index contributed by atoms with van der Waals surface area (Å²) in [6.45, 7) is 3.22. The first-order valence-corrected chi connectivity index (χ1v) is 10.4. The summed E-state index contributed by atoms with van der Waals surface area (Å²) in [6.07, 6.45) is 2.37. The second-order valence-electron chi connectivity index (χ2n) is 6.63. The second kappa shape index (κ2) is 7.59. The molecule has 1 aromatic rings. The van der Waals surface area contributed by atoms with Crippen LogP contribution >= 0.6 is 0 Å². The fourth-order valence-corrected chi connectivity index (χ4v) is 5.13. The van der Waals surface area contributed by atoms with E-state index in [0.717, 1.165) is 31.6 Å². The third-order valence-corrected chi connectivity index (χ3v) is 7.22. The molecule has 3 rings (SSSR count). The Labute approximate surface area is 148 Å². The predicted molar refractivity (Wildman–Crippen MR) is 98.1 cm³/mol. The summed E-state index contributed by atoms with van der Waals surface area (Å²) in [6, 6.07) is 6.47. The van der Waals surface area contributed by atoms with Crippen LogP contribution < -0.4 is 10.6 Å². The molecule has 2 N–H and O–H groups in total. The van der Waals surface area contributed by atoms with Gasteiger partial charge in [-0.2, -0.15) is 0 Å². The zero-order valence-corrected chi connectivity index (χ0v) is 15.1. The summed E-state index contributed by atoms with van der Waals surface area (Å²) in [5.74, 6) is 0.444. The van der Waals surface area contributed by atoms with Crippen molar-refractivity contribution in [3.8, 4) is 0 Å². The van der Waals surface area contributed by atoms with Gasteiger partial charge in [-0.25, -0.2) is 12.8 Å². The lowest BCUT2D eigenvalue weighted by atomic mass is 10.2. The first kappa shape index (κ1) is 18.0. The molecule has 0 spiro atoms. The van der Waals surface area contributed by atoms with Gasteiger partial charge in [0.15, 0.2) is 15.8 Å². The average molecular weight is 368 g/mol. The van der Waals surface area contributed by atoms with Gasteiger partial charge in [-0.15, -0.1) is 0 Å². The number of anilines is 1. The number of benzene rings is 1. The van der Waals surface area contributed by atoms with E-state index in [2.05, 4.69) is 9.89 Å². The lowest BCUT2D eigenvalue weighted by molar-refractivity contribution is 0.380.